The van der Waals surface area contributed by atoms with Crippen molar-refractivity contribution in [2.45, 2.75) is 13.5 Å². The summed E-state index contributed by atoms with van der Waals surface area (Å²) in [5.41, 5.74) is 3.51. The van der Waals surface area contributed by atoms with Crippen LogP contribution in [0, 0.1) is 6.92 Å². The van der Waals surface area contributed by atoms with E-state index in [0.717, 1.165) is 27.3 Å². The molecule has 0 bridgehead atoms. The number of imidazole rings is 1. The van der Waals surface area contributed by atoms with Gasteiger partial charge in [-0.25, -0.2) is 9.97 Å². The zero-order chi connectivity index (χ0) is 21.4. The van der Waals surface area contributed by atoms with Crippen LogP contribution in [0.3, 0.4) is 0 Å². The first kappa shape index (κ1) is 19.2. The highest BCUT2D eigenvalue weighted by Crippen LogP contribution is 2.33. The molecule has 4 heterocycles. The van der Waals surface area contributed by atoms with Crippen molar-refractivity contribution in [3.63, 3.8) is 0 Å². The van der Waals surface area contributed by atoms with E-state index in [1.54, 1.807) is 18.2 Å². The van der Waals surface area contributed by atoms with Gasteiger partial charge in [-0.15, -0.1) is 0 Å². The second-order valence-corrected chi connectivity index (χ2v) is 8.03. The van der Waals surface area contributed by atoms with Gasteiger partial charge in [0.15, 0.2) is 5.13 Å². The average Bonchev–Trinajstić information content (AvgIpc) is 3.37. The van der Waals surface area contributed by atoms with Crippen molar-refractivity contribution in [3.05, 3.63) is 84.1 Å². The van der Waals surface area contributed by atoms with Gasteiger partial charge in [-0.1, -0.05) is 23.5 Å². The molecule has 1 amide bonds. The maximum Gasteiger partial charge on any atom is 0.279 e. The Hall–Kier alpha value is -3.78. The molecular weight excluding hydrogens is 410 g/mol. The van der Waals surface area contributed by atoms with Gasteiger partial charge in [0.25, 0.3) is 5.91 Å². The van der Waals surface area contributed by atoms with E-state index < -0.39 is 0 Å². The van der Waals surface area contributed by atoms with Gasteiger partial charge in [0.1, 0.15) is 17.1 Å². The highest BCUT2D eigenvalue weighted by Gasteiger charge is 2.27. The van der Waals surface area contributed by atoms with Crippen LogP contribution in [0.4, 0.5) is 5.13 Å². The molecule has 0 unspecified atom stereocenters. The normalized spacial score (nSPS) is 11.2. The quantitative estimate of drug-likeness (QED) is 0.411. The maximum atomic E-state index is 13.8. The van der Waals surface area contributed by atoms with E-state index in [9.17, 15) is 4.79 Å². The number of methoxy groups -OCH3 is 1. The molecule has 31 heavy (non-hydrogen) atoms. The lowest BCUT2D eigenvalue weighted by Crippen LogP contribution is -2.32. The molecular formula is C23H19N5O2S. The fraction of sp³-hybridized carbons (Fsp3) is 0.130. The Bertz CT molecular complexity index is 1390. The summed E-state index contributed by atoms with van der Waals surface area (Å²) in [7, 11) is 1.63. The summed E-state index contributed by atoms with van der Waals surface area (Å²) < 4.78 is 8.10. The number of thiazole rings is 1. The Balaban J connectivity index is 1.63. The zero-order valence-electron chi connectivity index (χ0n) is 17.0. The molecule has 0 aliphatic rings. The van der Waals surface area contributed by atoms with Gasteiger partial charge < -0.3 is 4.74 Å². The van der Waals surface area contributed by atoms with Gasteiger partial charge in [-0.05, 0) is 49.4 Å². The van der Waals surface area contributed by atoms with Crippen LogP contribution in [-0.4, -0.2) is 32.4 Å². The van der Waals surface area contributed by atoms with Crippen LogP contribution in [0.1, 0.15) is 21.9 Å². The molecule has 7 nitrogen and oxygen atoms in total. The standard InChI is InChI=1S/C23H19N5O2S/c1-15-21(27-12-6-4-8-20(27)25-15)22(29)28(14-16-7-3-5-11-24-16)23-26-18-10-9-17(30-2)13-19(18)31-23/h3-13H,14H2,1-2H3. The number of hydrogen-bond acceptors (Lipinski definition) is 6. The van der Waals surface area contributed by atoms with Gasteiger partial charge in [0.05, 0.1) is 35.3 Å². The van der Waals surface area contributed by atoms with E-state index in [4.69, 9.17) is 9.72 Å². The van der Waals surface area contributed by atoms with Crippen LogP contribution in [-0.2, 0) is 6.54 Å². The molecule has 8 heteroatoms. The Morgan fingerprint density at radius 3 is 2.81 bits per heavy atom. The van der Waals surface area contributed by atoms with Crippen molar-refractivity contribution >= 4 is 38.2 Å². The Morgan fingerprint density at radius 2 is 2.00 bits per heavy atom. The van der Waals surface area contributed by atoms with Crippen molar-refractivity contribution in [3.8, 4) is 5.75 Å². The van der Waals surface area contributed by atoms with Gasteiger partial charge in [0.2, 0.25) is 0 Å². The molecule has 0 saturated carbocycles. The van der Waals surface area contributed by atoms with Crippen molar-refractivity contribution in [1.82, 2.24) is 19.4 Å². The van der Waals surface area contributed by atoms with Crippen LogP contribution in [0.5, 0.6) is 5.75 Å². The minimum absolute atomic E-state index is 0.173. The zero-order valence-corrected chi connectivity index (χ0v) is 17.8. The highest BCUT2D eigenvalue weighted by molar-refractivity contribution is 7.22. The van der Waals surface area contributed by atoms with Gasteiger partial charge in [0, 0.05) is 12.4 Å². The largest absolute Gasteiger partial charge is 0.497 e. The summed E-state index contributed by atoms with van der Waals surface area (Å²) in [6.07, 6.45) is 3.57. The molecule has 0 aliphatic carbocycles. The number of aryl methyl sites for hydroxylation is 1. The topological polar surface area (TPSA) is 72.6 Å². The minimum atomic E-state index is -0.173. The lowest BCUT2D eigenvalue weighted by Gasteiger charge is -2.19. The molecule has 0 spiro atoms. The number of aromatic nitrogens is 4. The van der Waals surface area contributed by atoms with E-state index in [2.05, 4.69) is 9.97 Å². The third-order valence-corrected chi connectivity index (χ3v) is 6.05. The number of carbonyl (C=O) groups excluding carboxylic acids is 1. The van der Waals surface area contributed by atoms with Crippen molar-refractivity contribution in [2.24, 2.45) is 0 Å². The van der Waals surface area contributed by atoms with E-state index in [1.165, 1.54) is 11.3 Å². The molecule has 5 rings (SSSR count). The summed E-state index contributed by atoms with van der Waals surface area (Å²) in [6, 6.07) is 17.0. The summed E-state index contributed by atoms with van der Waals surface area (Å²) in [4.78, 5) is 29.2. The lowest BCUT2D eigenvalue weighted by atomic mass is 10.2. The first-order chi connectivity index (χ1) is 15.1. The number of fused-ring (bicyclic) bond motifs is 2. The van der Waals surface area contributed by atoms with Crippen LogP contribution in [0.2, 0.25) is 0 Å². The first-order valence-electron chi connectivity index (χ1n) is 9.74. The average molecular weight is 430 g/mol. The molecule has 0 radical (unpaired) electrons. The summed E-state index contributed by atoms with van der Waals surface area (Å²) >= 11 is 1.45. The molecule has 0 atom stereocenters. The van der Waals surface area contributed by atoms with Crippen LogP contribution in [0.25, 0.3) is 15.9 Å². The Morgan fingerprint density at radius 1 is 1.13 bits per heavy atom. The van der Waals surface area contributed by atoms with Crippen molar-refractivity contribution in [1.29, 1.82) is 0 Å². The second kappa shape index (κ2) is 7.81. The van der Waals surface area contributed by atoms with Crippen molar-refractivity contribution < 1.29 is 9.53 Å². The summed E-state index contributed by atoms with van der Waals surface area (Å²) in [6.45, 7) is 2.15. The molecule has 4 aromatic heterocycles. The molecule has 0 N–H and O–H groups in total. The predicted octanol–water partition coefficient (Wildman–Crippen LogP) is 4.50. The first-order valence-corrected chi connectivity index (χ1v) is 10.6. The van der Waals surface area contributed by atoms with E-state index >= 15 is 0 Å². The predicted molar refractivity (Wildman–Crippen MR) is 121 cm³/mol. The number of amides is 1. The fourth-order valence-electron chi connectivity index (χ4n) is 3.51. The van der Waals surface area contributed by atoms with Crippen molar-refractivity contribution in [2.75, 3.05) is 12.0 Å². The molecule has 154 valence electrons. The minimum Gasteiger partial charge on any atom is -0.497 e. The smallest absolute Gasteiger partial charge is 0.279 e. The molecule has 0 saturated heterocycles. The SMILES string of the molecule is COc1ccc2nc(N(Cc3ccccn3)C(=O)c3c(C)nc4ccccn34)sc2c1. The Kier molecular flexibility index (Phi) is 4.83. The highest BCUT2D eigenvalue weighted by atomic mass is 32.1. The maximum absolute atomic E-state index is 13.8. The summed E-state index contributed by atoms with van der Waals surface area (Å²) in [5.74, 6) is 0.579. The Labute approximate surface area is 182 Å². The number of carbonyl (C=O) groups is 1. The molecule has 0 fully saturated rings. The second-order valence-electron chi connectivity index (χ2n) is 7.02. The van der Waals surface area contributed by atoms with Gasteiger partial charge in [-0.3, -0.25) is 19.1 Å². The van der Waals surface area contributed by atoms with Crippen LogP contribution < -0.4 is 9.64 Å². The number of ether oxygens (including phenoxy) is 1. The van der Waals surface area contributed by atoms with Gasteiger partial charge >= 0.3 is 0 Å². The van der Waals surface area contributed by atoms with Gasteiger partial charge in [-0.2, -0.15) is 0 Å². The number of nitrogens with zero attached hydrogens (tertiary/aromatic N) is 5. The number of rotatable bonds is 5. The van der Waals surface area contributed by atoms with E-state index in [1.807, 2.05) is 72.1 Å². The number of pyridine rings is 2. The molecule has 0 aliphatic heterocycles. The lowest BCUT2D eigenvalue weighted by molar-refractivity contribution is 0.0978. The fourth-order valence-corrected chi connectivity index (χ4v) is 4.51. The van der Waals surface area contributed by atoms with E-state index in [-0.39, 0.29) is 5.91 Å². The molecule has 1 aromatic carbocycles. The number of anilines is 1. The monoisotopic (exact) mass is 429 g/mol. The summed E-state index contributed by atoms with van der Waals surface area (Å²) in [5, 5.41) is 0.601. The molecule has 5 aromatic rings. The van der Waals surface area contributed by atoms with Crippen LogP contribution in [0.15, 0.2) is 67.0 Å². The third-order valence-electron chi connectivity index (χ3n) is 5.01. The number of benzene rings is 1. The van der Waals surface area contributed by atoms with Crippen LogP contribution >= 0.6 is 11.3 Å². The number of hydrogen-bond donors (Lipinski definition) is 0. The third kappa shape index (κ3) is 3.51. The van der Waals surface area contributed by atoms with E-state index in [0.29, 0.717) is 23.1 Å².